The lowest BCUT2D eigenvalue weighted by molar-refractivity contribution is 0.432. The third kappa shape index (κ3) is 3.47. The summed E-state index contributed by atoms with van der Waals surface area (Å²) in [5.41, 5.74) is 2.88. The van der Waals surface area contributed by atoms with Crippen LogP contribution in [0.4, 0.5) is 0 Å². The summed E-state index contributed by atoms with van der Waals surface area (Å²) in [6.45, 7) is 7.79. The zero-order chi connectivity index (χ0) is 17.1. The lowest BCUT2D eigenvalue weighted by atomic mass is 9.96. The summed E-state index contributed by atoms with van der Waals surface area (Å²) < 4.78 is 5.37. The third-order valence-corrected chi connectivity index (χ3v) is 3.68. The second-order valence-electron chi connectivity index (χ2n) is 6.11. The molecule has 0 fully saturated rings. The number of fused-ring (bicyclic) bond motifs is 1. The number of rotatable bonds is 4. The van der Waals surface area contributed by atoms with Crippen LogP contribution in [0.25, 0.3) is 11.0 Å². The molecule has 23 heavy (non-hydrogen) atoms. The molecule has 122 valence electrons. The molecule has 0 aliphatic carbocycles. The average molecular weight is 314 g/mol. The number of benzene rings is 1. The normalized spacial score (nSPS) is 10.6. The summed E-state index contributed by atoms with van der Waals surface area (Å²) >= 11 is 0. The van der Waals surface area contributed by atoms with E-state index in [2.05, 4.69) is 0 Å². The summed E-state index contributed by atoms with van der Waals surface area (Å²) in [6, 6.07) is 1.29. The molecule has 0 saturated heterocycles. The van der Waals surface area contributed by atoms with Gasteiger partial charge in [-0.2, -0.15) is 0 Å². The van der Waals surface area contributed by atoms with Crippen LogP contribution >= 0.6 is 0 Å². The molecular weight excluding hydrogens is 292 g/mol. The molecule has 2 N–H and O–H groups in total. The molecule has 0 spiro atoms. The Balaban J connectivity index is 2.81. The lowest BCUT2D eigenvalue weighted by Gasteiger charge is -2.13. The van der Waals surface area contributed by atoms with Crippen molar-refractivity contribution in [1.82, 2.24) is 0 Å². The SMILES string of the molecule is CC(C)=CCc1c(O)c(CC=C(C)C)c2c(=O)ccoc2c1O. The third-order valence-electron chi connectivity index (χ3n) is 3.68. The van der Waals surface area contributed by atoms with Gasteiger partial charge in [-0.05, 0) is 40.5 Å². The molecule has 4 heteroatoms. The molecule has 1 heterocycles. The van der Waals surface area contributed by atoms with Gasteiger partial charge in [0.05, 0.1) is 11.6 Å². The van der Waals surface area contributed by atoms with Crippen LogP contribution in [0.15, 0.2) is 44.8 Å². The highest BCUT2D eigenvalue weighted by atomic mass is 16.3. The van der Waals surface area contributed by atoms with E-state index in [4.69, 9.17) is 4.42 Å². The van der Waals surface area contributed by atoms with Crippen molar-refractivity contribution >= 4 is 11.0 Å². The predicted molar refractivity (Wildman–Crippen MR) is 92.1 cm³/mol. The first-order chi connectivity index (χ1) is 10.8. The molecule has 2 aromatic rings. The van der Waals surface area contributed by atoms with Gasteiger partial charge in [-0.1, -0.05) is 23.3 Å². The second kappa shape index (κ2) is 6.73. The van der Waals surface area contributed by atoms with Crippen molar-refractivity contribution in [2.75, 3.05) is 0 Å². The van der Waals surface area contributed by atoms with Gasteiger partial charge in [0.2, 0.25) is 0 Å². The van der Waals surface area contributed by atoms with Crippen molar-refractivity contribution < 1.29 is 14.6 Å². The predicted octanol–water partition coefficient (Wildman–Crippen LogP) is 4.22. The fraction of sp³-hybridized carbons (Fsp3) is 0.316. The lowest BCUT2D eigenvalue weighted by Crippen LogP contribution is -2.05. The van der Waals surface area contributed by atoms with Crippen molar-refractivity contribution in [1.29, 1.82) is 0 Å². The Kier molecular flexibility index (Phi) is 4.94. The van der Waals surface area contributed by atoms with E-state index in [0.717, 1.165) is 11.1 Å². The van der Waals surface area contributed by atoms with Gasteiger partial charge in [0, 0.05) is 17.2 Å². The Labute approximate surface area is 135 Å². The van der Waals surface area contributed by atoms with Crippen LogP contribution in [0.3, 0.4) is 0 Å². The van der Waals surface area contributed by atoms with Crippen LogP contribution in [0.5, 0.6) is 11.5 Å². The molecular formula is C19H22O4. The highest BCUT2D eigenvalue weighted by Crippen LogP contribution is 2.39. The van der Waals surface area contributed by atoms with E-state index in [1.165, 1.54) is 12.3 Å². The van der Waals surface area contributed by atoms with Crippen LogP contribution in [0, 0.1) is 0 Å². The van der Waals surface area contributed by atoms with Gasteiger partial charge in [0.1, 0.15) is 5.75 Å². The molecule has 0 aliphatic heterocycles. The fourth-order valence-electron chi connectivity index (χ4n) is 2.43. The first-order valence-corrected chi connectivity index (χ1v) is 7.56. The van der Waals surface area contributed by atoms with Gasteiger partial charge in [-0.3, -0.25) is 4.79 Å². The first-order valence-electron chi connectivity index (χ1n) is 7.56. The molecule has 0 unspecified atom stereocenters. The Morgan fingerprint density at radius 2 is 1.57 bits per heavy atom. The van der Waals surface area contributed by atoms with Crippen molar-refractivity contribution in [3.63, 3.8) is 0 Å². The smallest absolute Gasteiger partial charge is 0.193 e. The van der Waals surface area contributed by atoms with Gasteiger partial charge in [-0.15, -0.1) is 0 Å². The van der Waals surface area contributed by atoms with E-state index in [9.17, 15) is 15.0 Å². The maximum atomic E-state index is 12.2. The van der Waals surface area contributed by atoms with Crippen LogP contribution < -0.4 is 5.43 Å². The number of phenolic OH excluding ortho intramolecular Hbond substituents is 2. The number of hydrogen-bond acceptors (Lipinski definition) is 4. The van der Waals surface area contributed by atoms with Crippen LogP contribution in [-0.2, 0) is 12.8 Å². The average Bonchev–Trinajstić information content (AvgIpc) is 2.47. The summed E-state index contributed by atoms with van der Waals surface area (Å²) in [5, 5.41) is 21.3. The van der Waals surface area contributed by atoms with Crippen LogP contribution in [-0.4, -0.2) is 10.2 Å². The summed E-state index contributed by atoms with van der Waals surface area (Å²) in [7, 11) is 0. The van der Waals surface area contributed by atoms with Crippen molar-refractivity contribution in [3.8, 4) is 11.5 Å². The van der Waals surface area contributed by atoms with Gasteiger partial charge in [0.15, 0.2) is 16.8 Å². The Morgan fingerprint density at radius 3 is 2.13 bits per heavy atom. The summed E-state index contributed by atoms with van der Waals surface area (Å²) in [4.78, 5) is 12.2. The number of phenols is 2. The van der Waals surface area contributed by atoms with Gasteiger partial charge in [-0.25, -0.2) is 0 Å². The molecule has 1 aromatic heterocycles. The van der Waals surface area contributed by atoms with Crippen molar-refractivity contribution in [3.05, 3.63) is 57.0 Å². The standard InChI is InChI=1S/C19H22O4/c1-11(2)5-7-13-16-15(20)9-10-23-19(16)18(22)14(17(13)21)8-6-12(3)4/h5-6,9-10,21-22H,7-8H2,1-4H3. The Bertz CT molecular complexity index is 846. The molecule has 0 amide bonds. The zero-order valence-electron chi connectivity index (χ0n) is 13.9. The molecule has 0 radical (unpaired) electrons. The highest BCUT2D eigenvalue weighted by molar-refractivity contribution is 5.90. The summed E-state index contributed by atoms with van der Waals surface area (Å²) in [5.74, 6) is -0.211. The Hall–Kier alpha value is -2.49. The second-order valence-corrected chi connectivity index (χ2v) is 6.11. The van der Waals surface area contributed by atoms with E-state index in [1.54, 1.807) is 0 Å². The number of aromatic hydroxyl groups is 2. The topological polar surface area (TPSA) is 70.7 Å². The molecule has 2 rings (SSSR count). The van der Waals surface area contributed by atoms with E-state index < -0.39 is 0 Å². The minimum atomic E-state index is -0.275. The van der Waals surface area contributed by atoms with E-state index >= 15 is 0 Å². The van der Waals surface area contributed by atoms with Gasteiger partial charge >= 0.3 is 0 Å². The molecule has 4 nitrogen and oxygen atoms in total. The van der Waals surface area contributed by atoms with E-state index in [0.29, 0.717) is 24.0 Å². The first kappa shape index (κ1) is 16.9. The number of allylic oxidation sites excluding steroid dienone is 4. The van der Waals surface area contributed by atoms with Crippen LogP contribution in [0.1, 0.15) is 38.8 Å². The minimum absolute atomic E-state index is 0.0384. The van der Waals surface area contributed by atoms with Crippen molar-refractivity contribution in [2.24, 2.45) is 0 Å². The van der Waals surface area contributed by atoms with Gasteiger partial charge < -0.3 is 14.6 Å². The van der Waals surface area contributed by atoms with E-state index in [-0.39, 0.29) is 27.9 Å². The highest BCUT2D eigenvalue weighted by Gasteiger charge is 2.21. The molecule has 0 saturated carbocycles. The molecule has 0 bridgehead atoms. The monoisotopic (exact) mass is 314 g/mol. The maximum absolute atomic E-state index is 12.2. The minimum Gasteiger partial charge on any atom is -0.507 e. The molecule has 1 aromatic carbocycles. The Morgan fingerprint density at radius 1 is 1.00 bits per heavy atom. The van der Waals surface area contributed by atoms with Crippen LogP contribution in [0.2, 0.25) is 0 Å². The fourth-order valence-corrected chi connectivity index (χ4v) is 2.43. The van der Waals surface area contributed by atoms with E-state index in [1.807, 2.05) is 39.8 Å². The zero-order valence-corrected chi connectivity index (χ0v) is 13.9. The summed E-state index contributed by atoms with van der Waals surface area (Å²) in [6.07, 6.45) is 5.88. The largest absolute Gasteiger partial charge is 0.507 e. The molecule has 0 aliphatic rings. The number of hydrogen-bond donors (Lipinski definition) is 2. The van der Waals surface area contributed by atoms with Gasteiger partial charge in [0.25, 0.3) is 0 Å². The van der Waals surface area contributed by atoms with Crippen molar-refractivity contribution in [2.45, 2.75) is 40.5 Å². The quantitative estimate of drug-likeness (QED) is 0.829. The molecule has 0 atom stereocenters. The maximum Gasteiger partial charge on any atom is 0.193 e.